The van der Waals surface area contributed by atoms with Gasteiger partial charge in [0.25, 0.3) is 10.0 Å². The van der Waals surface area contributed by atoms with Crippen LogP contribution in [0, 0.1) is 0 Å². The van der Waals surface area contributed by atoms with Crippen molar-refractivity contribution in [1.29, 1.82) is 0 Å². The van der Waals surface area contributed by atoms with Gasteiger partial charge in [0, 0.05) is 19.3 Å². The molecule has 0 bridgehead atoms. The maximum Gasteiger partial charge on any atom is 0.262 e. The van der Waals surface area contributed by atoms with Gasteiger partial charge in [0.05, 0.1) is 17.2 Å². The molecule has 0 radical (unpaired) electrons. The summed E-state index contributed by atoms with van der Waals surface area (Å²) in [5, 5.41) is -0.197. The molecule has 1 aliphatic heterocycles. The average molecular weight is 306 g/mol. The van der Waals surface area contributed by atoms with Crippen LogP contribution in [0.15, 0.2) is 23.4 Å². The van der Waals surface area contributed by atoms with Gasteiger partial charge >= 0.3 is 0 Å². The maximum absolute atomic E-state index is 12.4. The van der Waals surface area contributed by atoms with Gasteiger partial charge in [-0.2, -0.15) is 4.31 Å². The lowest BCUT2D eigenvalue weighted by Crippen LogP contribution is -2.44. The van der Waals surface area contributed by atoms with E-state index in [9.17, 15) is 16.8 Å². The van der Waals surface area contributed by atoms with Crippen molar-refractivity contribution >= 4 is 25.5 Å². The second-order valence-corrected chi connectivity index (χ2v) is 8.21. The Balaban J connectivity index is 2.33. The van der Waals surface area contributed by atoms with Gasteiger partial charge in [-0.05, 0) is 12.1 Å². The van der Waals surface area contributed by atoms with Gasteiger partial charge in [-0.15, -0.1) is 0 Å². The summed E-state index contributed by atoms with van der Waals surface area (Å²) in [5.74, 6) is 4.90. The first-order valence-electron chi connectivity index (χ1n) is 5.49. The van der Waals surface area contributed by atoms with E-state index in [1.165, 1.54) is 12.3 Å². The molecule has 10 heteroatoms. The summed E-state index contributed by atoms with van der Waals surface area (Å²) in [6, 6.07) is 3.04. The first-order valence-corrected chi connectivity index (χ1v) is 8.75. The highest BCUT2D eigenvalue weighted by atomic mass is 32.2. The molecule has 1 aromatic rings. The van der Waals surface area contributed by atoms with E-state index in [0.29, 0.717) is 0 Å². The van der Waals surface area contributed by atoms with Crippen molar-refractivity contribution in [3.05, 3.63) is 18.3 Å². The van der Waals surface area contributed by atoms with Crippen molar-refractivity contribution in [3.8, 4) is 0 Å². The Morgan fingerprint density at radius 2 is 1.95 bits per heavy atom. The molecule has 2 rings (SSSR count). The molecule has 2 heterocycles. The van der Waals surface area contributed by atoms with Crippen molar-refractivity contribution in [2.45, 2.75) is 5.03 Å². The van der Waals surface area contributed by atoms with Gasteiger partial charge in [-0.3, -0.25) is 5.84 Å². The number of hydrogen-bond acceptors (Lipinski definition) is 7. The molecule has 0 amide bonds. The Morgan fingerprint density at radius 1 is 1.32 bits per heavy atom. The van der Waals surface area contributed by atoms with E-state index in [0.717, 1.165) is 4.31 Å². The summed E-state index contributed by atoms with van der Waals surface area (Å²) >= 11 is 0. The van der Waals surface area contributed by atoms with E-state index in [-0.39, 0.29) is 35.3 Å². The third-order valence-electron chi connectivity index (χ3n) is 2.81. The number of pyridine rings is 1. The zero-order valence-electron chi connectivity index (χ0n) is 9.98. The lowest BCUT2D eigenvalue weighted by atomic mass is 10.4. The molecule has 0 unspecified atom stereocenters. The largest absolute Gasteiger partial charge is 0.321 e. The first-order chi connectivity index (χ1) is 8.87. The molecular weight excluding hydrogens is 292 g/mol. The van der Waals surface area contributed by atoms with Crippen LogP contribution in [0.4, 0.5) is 5.69 Å². The number of nitrogens with one attached hydrogen (secondary N) is 1. The Labute approximate surface area is 111 Å². The molecule has 106 valence electrons. The number of nitrogens with zero attached hydrogens (tertiary/aromatic N) is 2. The van der Waals surface area contributed by atoms with E-state index in [2.05, 4.69) is 10.4 Å². The number of hydrogen-bond donors (Lipinski definition) is 2. The molecule has 1 saturated heterocycles. The van der Waals surface area contributed by atoms with Gasteiger partial charge in [0.15, 0.2) is 14.9 Å². The minimum Gasteiger partial charge on any atom is -0.321 e. The molecule has 0 atom stereocenters. The van der Waals surface area contributed by atoms with Crippen LogP contribution in [0.2, 0.25) is 0 Å². The number of rotatable bonds is 3. The molecule has 1 fully saturated rings. The van der Waals surface area contributed by atoms with Gasteiger partial charge in [-0.1, -0.05) is 0 Å². The number of nitrogens with two attached hydrogens (primary N) is 1. The highest BCUT2D eigenvalue weighted by Crippen LogP contribution is 2.22. The van der Waals surface area contributed by atoms with E-state index >= 15 is 0 Å². The summed E-state index contributed by atoms with van der Waals surface area (Å²) in [5.41, 5.74) is 2.45. The summed E-state index contributed by atoms with van der Waals surface area (Å²) in [6.45, 7) is -0.128. The highest BCUT2D eigenvalue weighted by molar-refractivity contribution is 7.92. The number of nitrogen functional groups attached to an aromatic ring is 1. The molecular formula is C9H14N4O4S2. The van der Waals surface area contributed by atoms with Crippen LogP contribution in [0.25, 0.3) is 0 Å². The minimum absolute atomic E-state index is 0.0642. The monoisotopic (exact) mass is 306 g/mol. The number of sulfone groups is 1. The third kappa shape index (κ3) is 2.86. The van der Waals surface area contributed by atoms with Crippen LogP contribution in [0.5, 0.6) is 0 Å². The van der Waals surface area contributed by atoms with Crippen LogP contribution >= 0.6 is 0 Å². The normalized spacial score (nSPS) is 20.1. The third-order valence-corrected chi connectivity index (χ3v) is 6.28. The van der Waals surface area contributed by atoms with E-state index in [1.54, 1.807) is 6.07 Å². The lowest BCUT2D eigenvalue weighted by molar-refractivity contribution is 0.429. The van der Waals surface area contributed by atoms with Crippen LogP contribution in [0.1, 0.15) is 0 Å². The van der Waals surface area contributed by atoms with Gasteiger partial charge in [0.2, 0.25) is 0 Å². The van der Waals surface area contributed by atoms with E-state index in [4.69, 9.17) is 5.84 Å². The minimum atomic E-state index is -3.84. The van der Waals surface area contributed by atoms with Crippen molar-refractivity contribution in [2.24, 2.45) is 5.84 Å². The zero-order valence-corrected chi connectivity index (χ0v) is 11.6. The SMILES string of the molecule is NNc1cccnc1S(=O)(=O)N1CCS(=O)(=O)CC1. The Kier molecular flexibility index (Phi) is 3.76. The molecule has 0 spiro atoms. The second-order valence-electron chi connectivity index (χ2n) is 4.06. The number of aromatic nitrogens is 1. The van der Waals surface area contributed by atoms with Crippen LogP contribution in [0.3, 0.4) is 0 Å². The predicted octanol–water partition coefficient (Wildman–Crippen LogP) is -1.21. The Hall–Kier alpha value is -1.23. The quantitative estimate of drug-likeness (QED) is 0.530. The summed E-state index contributed by atoms with van der Waals surface area (Å²) in [6.07, 6.45) is 1.34. The van der Waals surface area contributed by atoms with Crippen molar-refractivity contribution in [1.82, 2.24) is 9.29 Å². The van der Waals surface area contributed by atoms with Crippen molar-refractivity contribution in [3.63, 3.8) is 0 Å². The molecule has 0 saturated carbocycles. The Bertz CT molecular complexity index is 657. The summed E-state index contributed by atoms with van der Waals surface area (Å²) in [7, 11) is -6.98. The predicted molar refractivity (Wildman–Crippen MR) is 69.5 cm³/mol. The Morgan fingerprint density at radius 3 is 2.53 bits per heavy atom. The second kappa shape index (κ2) is 5.04. The molecule has 0 aliphatic carbocycles. The molecule has 19 heavy (non-hydrogen) atoms. The van der Waals surface area contributed by atoms with E-state index < -0.39 is 19.9 Å². The van der Waals surface area contributed by atoms with Crippen LogP contribution in [-0.4, -0.2) is 50.7 Å². The number of anilines is 1. The van der Waals surface area contributed by atoms with Gasteiger partial charge < -0.3 is 5.43 Å². The van der Waals surface area contributed by atoms with Crippen molar-refractivity contribution in [2.75, 3.05) is 30.0 Å². The van der Waals surface area contributed by atoms with Crippen LogP contribution in [-0.2, 0) is 19.9 Å². The summed E-state index contributed by atoms with van der Waals surface area (Å²) in [4.78, 5) is 3.81. The number of sulfonamides is 1. The van der Waals surface area contributed by atoms with Crippen molar-refractivity contribution < 1.29 is 16.8 Å². The summed E-state index contributed by atoms with van der Waals surface area (Å²) < 4.78 is 48.4. The molecule has 1 aliphatic rings. The van der Waals surface area contributed by atoms with Gasteiger partial charge in [-0.25, -0.2) is 21.8 Å². The molecule has 8 nitrogen and oxygen atoms in total. The van der Waals surface area contributed by atoms with Gasteiger partial charge in [0.1, 0.15) is 0 Å². The zero-order chi connectivity index (χ0) is 14.1. The maximum atomic E-state index is 12.4. The fourth-order valence-electron chi connectivity index (χ4n) is 1.76. The molecule has 0 aromatic carbocycles. The molecule has 3 N–H and O–H groups in total. The smallest absolute Gasteiger partial charge is 0.262 e. The average Bonchev–Trinajstić information content (AvgIpc) is 2.38. The lowest BCUT2D eigenvalue weighted by Gasteiger charge is -2.26. The number of hydrazine groups is 1. The van der Waals surface area contributed by atoms with E-state index in [1.807, 2.05) is 0 Å². The fourth-order valence-corrected chi connectivity index (χ4v) is 4.70. The van der Waals surface area contributed by atoms with Crippen LogP contribution < -0.4 is 11.3 Å². The molecule has 1 aromatic heterocycles. The fraction of sp³-hybridized carbons (Fsp3) is 0.444. The standard InChI is InChI=1S/C9H14N4O4S2/c10-12-8-2-1-3-11-9(8)19(16,17)13-4-6-18(14,15)7-5-13/h1-3,12H,4-7,10H2. The first kappa shape index (κ1) is 14.2. The topological polar surface area (TPSA) is 122 Å². The highest BCUT2D eigenvalue weighted by Gasteiger charge is 2.33.